The third-order valence-electron chi connectivity index (χ3n) is 8.17. The van der Waals surface area contributed by atoms with Gasteiger partial charge >= 0.3 is 0 Å². The quantitative estimate of drug-likeness (QED) is 0.749. The van der Waals surface area contributed by atoms with Crippen LogP contribution in [-0.4, -0.2) is 34.4 Å². The molecule has 0 amide bonds. The summed E-state index contributed by atoms with van der Waals surface area (Å²) in [7, 11) is 0. The molecule has 4 aliphatic rings. The summed E-state index contributed by atoms with van der Waals surface area (Å²) >= 11 is 1.99. The largest absolute Gasteiger partial charge is 0.393 e. The molecule has 0 spiro atoms. The zero-order valence-electron chi connectivity index (χ0n) is 14.6. The molecule has 0 radical (unpaired) electrons. The number of aliphatic hydroxyl groups excluding tert-OH is 2. The summed E-state index contributed by atoms with van der Waals surface area (Å²) in [6, 6.07) is 0. The van der Waals surface area contributed by atoms with Crippen molar-refractivity contribution in [1.82, 2.24) is 0 Å². The molecule has 3 saturated carbocycles. The number of thioether (sulfide) groups is 1. The molecule has 130 valence electrons. The summed E-state index contributed by atoms with van der Waals surface area (Å²) < 4.78 is 0. The first-order valence-electron chi connectivity index (χ1n) is 9.57. The Labute approximate surface area is 145 Å². The maximum Gasteiger partial charge on any atom is 0.0724 e. The molecule has 0 saturated heterocycles. The second-order valence-corrected chi connectivity index (χ2v) is 9.81. The molecule has 0 bridgehead atoms. The first-order valence-corrected chi connectivity index (χ1v) is 11.0. The molecule has 4 aliphatic carbocycles. The van der Waals surface area contributed by atoms with Gasteiger partial charge in [-0.2, -0.15) is 11.8 Å². The van der Waals surface area contributed by atoms with Gasteiger partial charge in [0.05, 0.1) is 12.2 Å². The van der Waals surface area contributed by atoms with E-state index in [4.69, 9.17) is 0 Å². The lowest BCUT2D eigenvalue weighted by molar-refractivity contribution is -0.0749. The van der Waals surface area contributed by atoms with Gasteiger partial charge in [0.15, 0.2) is 0 Å². The molecule has 0 heterocycles. The van der Waals surface area contributed by atoms with Gasteiger partial charge in [0.1, 0.15) is 0 Å². The number of aliphatic hydroxyl groups is 2. The maximum absolute atomic E-state index is 10.6. The third-order valence-corrected chi connectivity index (χ3v) is 8.97. The van der Waals surface area contributed by atoms with Crippen LogP contribution in [0.25, 0.3) is 0 Å². The SMILES string of the molecule is CSC[C@]12CC[C@@H](O)C=C1CC[C@@H]1[C@@H]2CC[C@]2(C)[C@@H](O)CC[C@@H]12. The molecular weight excluding hydrogens is 304 g/mol. The van der Waals surface area contributed by atoms with E-state index in [0.717, 1.165) is 30.6 Å². The van der Waals surface area contributed by atoms with Crippen molar-refractivity contribution in [2.24, 2.45) is 28.6 Å². The molecule has 3 fully saturated rings. The second kappa shape index (κ2) is 5.78. The van der Waals surface area contributed by atoms with Gasteiger partial charge < -0.3 is 10.2 Å². The molecular formula is C20H32O2S. The monoisotopic (exact) mass is 336 g/mol. The number of rotatable bonds is 2. The normalized spacial score (nSPS) is 52.3. The van der Waals surface area contributed by atoms with Crippen molar-refractivity contribution in [1.29, 1.82) is 0 Å². The first-order chi connectivity index (χ1) is 11.0. The second-order valence-electron chi connectivity index (χ2n) is 8.94. The molecule has 0 aromatic rings. The van der Waals surface area contributed by atoms with Crippen LogP contribution in [0.4, 0.5) is 0 Å². The van der Waals surface area contributed by atoms with E-state index in [-0.39, 0.29) is 17.6 Å². The Morgan fingerprint density at radius 1 is 1.09 bits per heavy atom. The van der Waals surface area contributed by atoms with Crippen molar-refractivity contribution in [3.8, 4) is 0 Å². The average molecular weight is 337 g/mol. The minimum Gasteiger partial charge on any atom is -0.393 e. The lowest BCUT2D eigenvalue weighted by Crippen LogP contribution is -2.53. The first kappa shape index (κ1) is 16.5. The molecule has 23 heavy (non-hydrogen) atoms. The molecule has 0 aliphatic heterocycles. The smallest absolute Gasteiger partial charge is 0.0724 e. The Morgan fingerprint density at radius 2 is 1.91 bits per heavy atom. The maximum atomic E-state index is 10.6. The topological polar surface area (TPSA) is 40.5 Å². The number of fused-ring (bicyclic) bond motifs is 5. The van der Waals surface area contributed by atoms with Crippen molar-refractivity contribution in [2.75, 3.05) is 12.0 Å². The summed E-state index contributed by atoms with van der Waals surface area (Å²) in [5.41, 5.74) is 2.10. The van der Waals surface area contributed by atoms with Crippen LogP contribution < -0.4 is 0 Å². The van der Waals surface area contributed by atoms with E-state index < -0.39 is 0 Å². The predicted octanol–water partition coefficient (Wildman–Crippen LogP) is 4.01. The molecule has 0 aromatic carbocycles. The summed E-state index contributed by atoms with van der Waals surface area (Å²) in [4.78, 5) is 0. The lowest BCUT2D eigenvalue weighted by Gasteiger charge is -2.59. The molecule has 2 N–H and O–H groups in total. The molecule has 2 nitrogen and oxygen atoms in total. The van der Waals surface area contributed by atoms with Crippen LogP contribution in [0.3, 0.4) is 0 Å². The highest BCUT2D eigenvalue weighted by molar-refractivity contribution is 7.98. The fourth-order valence-corrected chi connectivity index (χ4v) is 8.06. The summed E-state index contributed by atoms with van der Waals surface area (Å²) in [5.74, 6) is 3.53. The van der Waals surface area contributed by atoms with Crippen molar-refractivity contribution < 1.29 is 10.2 Å². The van der Waals surface area contributed by atoms with E-state index in [1.807, 2.05) is 11.8 Å². The van der Waals surface area contributed by atoms with Crippen LogP contribution in [0.5, 0.6) is 0 Å². The molecule has 7 atom stereocenters. The van der Waals surface area contributed by atoms with Gasteiger partial charge in [0.25, 0.3) is 0 Å². The third kappa shape index (κ3) is 2.29. The van der Waals surface area contributed by atoms with E-state index in [0.29, 0.717) is 5.41 Å². The van der Waals surface area contributed by atoms with E-state index >= 15 is 0 Å². The number of hydrogen-bond donors (Lipinski definition) is 2. The Hall–Kier alpha value is 0.01000. The molecule has 0 unspecified atom stereocenters. The van der Waals surface area contributed by atoms with E-state index in [2.05, 4.69) is 19.3 Å². The Bertz CT molecular complexity index is 504. The van der Waals surface area contributed by atoms with Crippen molar-refractivity contribution in [2.45, 2.75) is 70.5 Å². The van der Waals surface area contributed by atoms with Crippen LogP contribution in [0.15, 0.2) is 11.6 Å². The van der Waals surface area contributed by atoms with Crippen molar-refractivity contribution in [3.05, 3.63) is 11.6 Å². The molecule has 3 heteroatoms. The Balaban J connectivity index is 1.70. The number of allylic oxidation sites excluding steroid dienone is 1. The summed E-state index contributed by atoms with van der Waals surface area (Å²) in [6.07, 6.45) is 13.5. The Kier molecular flexibility index (Phi) is 4.14. The number of hydrogen-bond acceptors (Lipinski definition) is 3. The van der Waals surface area contributed by atoms with Gasteiger partial charge in [-0.05, 0) is 80.8 Å². The van der Waals surface area contributed by atoms with Crippen LogP contribution in [0, 0.1) is 28.6 Å². The zero-order chi connectivity index (χ0) is 16.2. The van der Waals surface area contributed by atoms with Gasteiger partial charge in [-0.3, -0.25) is 0 Å². The average Bonchev–Trinajstić information content (AvgIpc) is 2.84. The van der Waals surface area contributed by atoms with Crippen LogP contribution >= 0.6 is 11.8 Å². The fraction of sp³-hybridized carbons (Fsp3) is 0.900. The van der Waals surface area contributed by atoms with Gasteiger partial charge in [-0.1, -0.05) is 18.6 Å². The van der Waals surface area contributed by atoms with Gasteiger partial charge in [-0.25, -0.2) is 0 Å². The van der Waals surface area contributed by atoms with Gasteiger partial charge in [0, 0.05) is 11.2 Å². The van der Waals surface area contributed by atoms with E-state index in [1.165, 1.54) is 44.3 Å². The zero-order valence-corrected chi connectivity index (χ0v) is 15.4. The van der Waals surface area contributed by atoms with Gasteiger partial charge in [0.2, 0.25) is 0 Å². The van der Waals surface area contributed by atoms with Gasteiger partial charge in [-0.15, -0.1) is 0 Å². The van der Waals surface area contributed by atoms with Crippen LogP contribution in [-0.2, 0) is 0 Å². The highest BCUT2D eigenvalue weighted by atomic mass is 32.2. The minimum atomic E-state index is -0.210. The summed E-state index contributed by atoms with van der Waals surface area (Å²) in [5, 5.41) is 20.7. The minimum absolute atomic E-state index is 0.0740. The van der Waals surface area contributed by atoms with Crippen LogP contribution in [0.1, 0.15) is 58.3 Å². The standard InChI is InChI=1S/C20H32O2S/c1-19-9-8-17-15(16(19)5-6-18(19)22)4-3-13-11-14(21)7-10-20(13,17)12-23-2/h11,14-18,21-22H,3-10,12H2,1-2H3/t14-,15+,16+,17+,18+,19+,20-/m1/s1. The summed E-state index contributed by atoms with van der Waals surface area (Å²) in [6.45, 7) is 2.36. The van der Waals surface area contributed by atoms with E-state index in [9.17, 15) is 10.2 Å². The van der Waals surface area contributed by atoms with Crippen molar-refractivity contribution in [3.63, 3.8) is 0 Å². The molecule has 4 rings (SSSR count). The van der Waals surface area contributed by atoms with E-state index in [1.54, 1.807) is 5.57 Å². The van der Waals surface area contributed by atoms with Crippen molar-refractivity contribution >= 4 is 11.8 Å². The predicted molar refractivity (Wildman–Crippen MR) is 96.4 cm³/mol. The molecule has 0 aromatic heterocycles. The highest BCUT2D eigenvalue weighted by Crippen LogP contribution is 2.65. The highest BCUT2D eigenvalue weighted by Gasteiger charge is 2.59. The Morgan fingerprint density at radius 3 is 2.70 bits per heavy atom. The van der Waals surface area contributed by atoms with Crippen LogP contribution in [0.2, 0.25) is 0 Å². The lowest BCUT2D eigenvalue weighted by atomic mass is 9.47. The fourth-order valence-electron chi connectivity index (χ4n) is 7.00.